The second-order valence-corrected chi connectivity index (χ2v) is 5.16. The molecule has 0 radical (unpaired) electrons. The van der Waals surface area contributed by atoms with E-state index in [0.29, 0.717) is 6.42 Å². The number of hydrogen-bond acceptors (Lipinski definition) is 4. The molecule has 1 aromatic carbocycles. The highest BCUT2D eigenvalue weighted by Gasteiger charge is 2.18. The number of ketones is 1. The van der Waals surface area contributed by atoms with Crippen LogP contribution in [0.2, 0.25) is 0 Å². The Hall–Kier alpha value is -1.88. The van der Waals surface area contributed by atoms with Crippen molar-refractivity contribution in [3.05, 3.63) is 29.8 Å². The summed E-state index contributed by atoms with van der Waals surface area (Å²) in [7, 11) is 0. The zero-order valence-electron chi connectivity index (χ0n) is 11.8. The van der Waals surface area contributed by atoms with E-state index in [1.165, 1.54) is 6.07 Å². The third-order valence-electron chi connectivity index (χ3n) is 2.95. The fourth-order valence-corrected chi connectivity index (χ4v) is 1.95. The minimum atomic E-state index is -0.909. The smallest absolute Gasteiger partial charge is 0.320 e. The van der Waals surface area contributed by atoms with Crippen molar-refractivity contribution in [2.75, 3.05) is 6.54 Å². The molecule has 110 valence electrons. The summed E-state index contributed by atoms with van der Waals surface area (Å²) in [4.78, 5) is 22.9. The number of phenolic OH excluding ortho intramolecular Hbond substituents is 1. The lowest BCUT2D eigenvalue weighted by Gasteiger charge is -2.16. The second-order valence-electron chi connectivity index (χ2n) is 5.16. The lowest BCUT2D eigenvalue weighted by molar-refractivity contribution is -0.139. The largest absolute Gasteiger partial charge is 0.507 e. The molecule has 1 rings (SSSR count). The summed E-state index contributed by atoms with van der Waals surface area (Å²) < 4.78 is 0. The first-order valence-electron chi connectivity index (χ1n) is 6.69. The van der Waals surface area contributed by atoms with Crippen molar-refractivity contribution in [3.8, 4) is 5.75 Å². The third kappa shape index (κ3) is 5.01. The quantitative estimate of drug-likeness (QED) is 0.634. The molecule has 1 unspecified atom stereocenters. The fraction of sp³-hybridized carbons (Fsp3) is 0.467. The Labute approximate surface area is 118 Å². The van der Waals surface area contributed by atoms with Gasteiger partial charge in [-0.2, -0.15) is 0 Å². The average Bonchev–Trinajstić information content (AvgIpc) is 2.37. The number of carboxylic acids is 1. The first-order chi connectivity index (χ1) is 9.41. The number of hydrogen-bond donors (Lipinski definition) is 3. The van der Waals surface area contributed by atoms with E-state index in [1.54, 1.807) is 18.2 Å². The Morgan fingerprint density at radius 3 is 2.45 bits per heavy atom. The van der Waals surface area contributed by atoms with E-state index in [2.05, 4.69) is 5.32 Å². The van der Waals surface area contributed by atoms with Crippen LogP contribution in [0.15, 0.2) is 24.3 Å². The van der Waals surface area contributed by atoms with E-state index in [4.69, 9.17) is 5.11 Å². The minimum absolute atomic E-state index is 0.0468. The summed E-state index contributed by atoms with van der Waals surface area (Å²) in [5, 5.41) is 21.5. The average molecular weight is 279 g/mol. The highest BCUT2D eigenvalue weighted by atomic mass is 16.4. The molecule has 0 saturated heterocycles. The summed E-state index contributed by atoms with van der Waals surface area (Å²) in [6.45, 7) is 4.17. The molecule has 5 nitrogen and oxygen atoms in total. The molecule has 0 saturated carbocycles. The van der Waals surface area contributed by atoms with E-state index in [0.717, 1.165) is 0 Å². The molecule has 0 fully saturated rings. The minimum Gasteiger partial charge on any atom is -0.507 e. The van der Waals surface area contributed by atoms with Crippen LogP contribution in [-0.2, 0) is 4.79 Å². The first kappa shape index (κ1) is 16.2. The lowest BCUT2D eigenvalue weighted by atomic mass is 10.0. The lowest BCUT2D eigenvalue weighted by Crippen LogP contribution is -2.38. The third-order valence-corrected chi connectivity index (χ3v) is 2.95. The Kier molecular flexibility index (Phi) is 6.18. The Morgan fingerprint density at radius 2 is 1.90 bits per heavy atom. The Balaban J connectivity index is 2.49. The van der Waals surface area contributed by atoms with Gasteiger partial charge in [-0.05, 0) is 24.5 Å². The van der Waals surface area contributed by atoms with Crippen LogP contribution in [-0.4, -0.2) is 34.6 Å². The number of carbonyl (C=O) groups excluding carboxylic acids is 1. The summed E-state index contributed by atoms with van der Waals surface area (Å²) in [5.41, 5.74) is 0.269. The van der Waals surface area contributed by atoms with Gasteiger partial charge in [0.15, 0.2) is 5.78 Å². The molecule has 5 heteroatoms. The number of phenols is 1. The summed E-state index contributed by atoms with van der Waals surface area (Å²) in [5.74, 6) is -0.898. The molecule has 0 aliphatic heterocycles. The van der Waals surface area contributed by atoms with Crippen LogP contribution in [0.5, 0.6) is 5.75 Å². The molecule has 20 heavy (non-hydrogen) atoms. The van der Waals surface area contributed by atoms with E-state index in [-0.39, 0.29) is 36.0 Å². The van der Waals surface area contributed by atoms with Gasteiger partial charge in [0.05, 0.1) is 5.56 Å². The van der Waals surface area contributed by atoms with Crippen molar-refractivity contribution in [1.82, 2.24) is 5.32 Å². The molecule has 0 bridgehead atoms. The molecule has 0 amide bonds. The van der Waals surface area contributed by atoms with Crippen LogP contribution in [0, 0.1) is 5.92 Å². The predicted molar refractivity (Wildman–Crippen MR) is 75.9 cm³/mol. The van der Waals surface area contributed by atoms with E-state index < -0.39 is 12.0 Å². The van der Waals surface area contributed by atoms with Crippen molar-refractivity contribution in [1.29, 1.82) is 0 Å². The molecular weight excluding hydrogens is 258 g/mol. The van der Waals surface area contributed by atoms with Crippen molar-refractivity contribution in [3.63, 3.8) is 0 Å². The van der Waals surface area contributed by atoms with Crippen LogP contribution in [0.4, 0.5) is 0 Å². The molecule has 3 N–H and O–H groups in total. The number of carboxylic acid groups (broad SMARTS) is 1. The number of rotatable bonds is 8. The molecule has 1 aromatic rings. The molecule has 0 spiro atoms. The fourth-order valence-electron chi connectivity index (χ4n) is 1.95. The van der Waals surface area contributed by atoms with Crippen LogP contribution >= 0.6 is 0 Å². The van der Waals surface area contributed by atoms with Crippen molar-refractivity contribution in [2.24, 2.45) is 5.92 Å². The highest BCUT2D eigenvalue weighted by molar-refractivity contribution is 5.98. The van der Waals surface area contributed by atoms with Gasteiger partial charge in [0, 0.05) is 13.0 Å². The predicted octanol–water partition coefficient (Wildman–Crippen LogP) is 2.05. The maximum atomic E-state index is 11.9. The molecule has 1 atom stereocenters. The van der Waals surface area contributed by atoms with Crippen molar-refractivity contribution < 1.29 is 19.8 Å². The van der Waals surface area contributed by atoms with Crippen LogP contribution in [0.25, 0.3) is 0 Å². The maximum Gasteiger partial charge on any atom is 0.320 e. The number of aromatic hydroxyl groups is 1. The summed E-state index contributed by atoms with van der Waals surface area (Å²) >= 11 is 0. The molecule has 0 aromatic heterocycles. The summed E-state index contributed by atoms with van der Waals surface area (Å²) in [6.07, 6.45) is 0.666. The monoisotopic (exact) mass is 279 g/mol. The Morgan fingerprint density at radius 1 is 1.25 bits per heavy atom. The van der Waals surface area contributed by atoms with Crippen LogP contribution in [0.1, 0.15) is 37.0 Å². The molecule has 0 aliphatic rings. The van der Waals surface area contributed by atoms with Crippen molar-refractivity contribution >= 4 is 11.8 Å². The van der Waals surface area contributed by atoms with E-state index in [1.807, 2.05) is 13.8 Å². The van der Waals surface area contributed by atoms with Gasteiger partial charge >= 0.3 is 5.97 Å². The van der Waals surface area contributed by atoms with Crippen LogP contribution < -0.4 is 5.32 Å². The summed E-state index contributed by atoms with van der Waals surface area (Å²) in [6, 6.07) is 5.69. The number of benzene rings is 1. The maximum absolute atomic E-state index is 11.9. The zero-order valence-corrected chi connectivity index (χ0v) is 11.8. The normalized spacial score (nSPS) is 12.3. The SMILES string of the molecule is CC(C)CC(NCCC(=O)c1ccccc1O)C(=O)O. The topological polar surface area (TPSA) is 86.6 Å². The molecule has 0 heterocycles. The van der Waals surface area contributed by atoms with Gasteiger partial charge < -0.3 is 15.5 Å². The standard InChI is InChI=1S/C15H21NO4/c1-10(2)9-12(15(19)20)16-8-7-14(18)11-5-3-4-6-13(11)17/h3-6,10,12,16-17H,7-9H2,1-2H3,(H,19,20). The van der Waals surface area contributed by atoms with Gasteiger partial charge in [0.25, 0.3) is 0 Å². The first-order valence-corrected chi connectivity index (χ1v) is 6.69. The van der Waals surface area contributed by atoms with Gasteiger partial charge in [-0.25, -0.2) is 0 Å². The van der Waals surface area contributed by atoms with Gasteiger partial charge in [-0.3, -0.25) is 9.59 Å². The van der Waals surface area contributed by atoms with Crippen molar-refractivity contribution in [2.45, 2.75) is 32.7 Å². The zero-order chi connectivity index (χ0) is 15.1. The number of para-hydroxylation sites is 1. The highest BCUT2D eigenvalue weighted by Crippen LogP contribution is 2.17. The Bertz CT molecular complexity index is 471. The number of nitrogens with one attached hydrogen (secondary N) is 1. The van der Waals surface area contributed by atoms with E-state index in [9.17, 15) is 14.7 Å². The molecule has 0 aliphatic carbocycles. The van der Waals surface area contributed by atoms with Gasteiger partial charge in [-0.15, -0.1) is 0 Å². The van der Waals surface area contributed by atoms with Gasteiger partial charge in [-0.1, -0.05) is 26.0 Å². The van der Waals surface area contributed by atoms with Crippen LogP contribution in [0.3, 0.4) is 0 Å². The van der Waals surface area contributed by atoms with E-state index >= 15 is 0 Å². The number of carbonyl (C=O) groups is 2. The number of aliphatic carboxylic acids is 1. The second kappa shape index (κ2) is 7.65. The van der Waals surface area contributed by atoms with Gasteiger partial charge in [0.2, 0.25) is 0 Å². The molecular formula is C15H21NO4. The number of Topliss-reactive ketones (excluding diaryl/α,β-unsaturated/α-hetero) is 1. The van der Waals surface area contributed by atoms with Gasteiger partial charge in [0.1, 0.15) is 11.8 Å².